The van der Waals surface area contributed by atoms with Crippen LogP contribution in [0.15, 0.2) is 16.5 Å². The van der Waals surface area contributed by atoms with Gasteiger partial charge in [0.25, 0.3) is 6.01 Å². The number of aryl methyl sites for hydroxylation is 2. The average Bonchev–Trinajstić information content (AvgIpc) is 2.57. The zero-order valence-electron chi connectivity index (χ0n) is 9.87. The van der Waals surface area contributed by atoms with Crippen LogP contribution in [0.5, 0.6) is 0 Å². The zero-order chi connectivity index (χ0) is 11.7. The van der Waals surface area contributed by atoms with E-state index in [-0.39, 0.29) is 6.04 Å². The van der Waals surface area contributed by atoms with Crippen molar-refractivity contribution in [1.82, 2.24) is 4.98 Å². The van der Waals surface area contributed by atoms with E-state index in [1.54, 1.807) is 0 Å². The number of nitrogens with zero attached hydrogens (tertiary/aromatic N) is 1. The first-order valence-electron chi connectivity index (χ1n) is 5.43. The lowest BCUT2D eigenvalue weighted by molar-refractivity contribution is 0.605. The Kier molecular flexibility index (Phi) is 2.83. The molecule has 0 saturated heterocycles. The Bertz CT molecular complexity index is 502. The lowest BCUT2D eigenvalue weighted by Gasteiger charge is -2.03. The van der Waals surface area contributed by atoms with Crippen LogP contribution in [0.2, 0.25) is 0 Å². The number of hydrogen-bond donors (Lipinski definition) is 2. The number of fused-ring (bicyclic) bond motifs is 1. The van der Waals surface area contributed by atoms with Gasteiger partial charge in [-0.3, -0.25) is 0 Å². The molecule has 4 nitrogen and oxygen atoms in total. The van der Waals surface area contributed by atoms with Crippen molar-refractivity contribution in [2.75, 3.05) is 11.9 Å². The van der Waals surface area contributed by atoms with E-state index in [2.05, 4.69) is 23.3 Å². The molecule has 0 bridgehead atoms. The maximum Gasteiger partial charge on any atom is 0.295 e. The molecule has 86 valence electrons. The molecule has 2 aromatic rings. The Morgan fingerprint density at radius 3 is 2.88 bits per heavy atom. The number of anilines is 1. The van der Waals surface area contributed by atoms with Gasteiger partial charge in [0.15, 0.2) is 5.58 Å². The van der Waals surface area contributed by atoms with Gasteiger partial charge in [0.2, 0.25) is 0 Å². The molecule has 0 fully saturated rings. The monoisotopic (exact) mass is 219 g/mol. The van der Waals surface area contributed by atoms with E-state index in [9.17, 15) is 0 Å². The largest absolute Gasteiger partial charge is 0.423 e. The first kappa shape index (κ1) is 11.0. The highest BCUT2D eigenvalue weighted by atomic mass is 16.4. The van der Waals surface area contributed by atoms with Crippen molar-refractivity contribution in [3.8, 4) is 0 Å². The number of rotatable bonds is 3. The maximum atomic E-state index is 5.66. The van der Waals surface area contributed by atoms with Gasteiger partial charge in [-0.1, -0.05) is 6.07 Å². The Morgan fingerprint density at radius 2 is 2.19 bits per heavy atom. The predicted octanol–water partition coefficient (Wildman–Crippen LogP) is 2.20. The summed E-state index contributed by atoms with van der Waals surface area (Å²) < 4.78 is 5.63. The second kappa shape index (κ2) is 4.14. The molecule has 0 aliphatic heterocycles. The van der Waals surface area contributed by atoms with E-state index in [0.29, 0.717) is 12.6 Å². The Labute approximate surface area is 94.8 Å². The molecule has 1 unspecified atom stereocenters. The van der Waals surface area contributed by atoms with Crippen LogP contribution < -0.4 is 11.1 Å². The average molecular weight is 219 g/mol. The minimum Gasteiger partial charge on any atom is -0.423 e. The summed E-state index contributed by atoms with van der Waals surface area (Å²) in [5.74, 6) is 0. The highest BCUT2D eigenvalue weighted by Gasteiger charge is 2.08. The van der Waals surface area contributed by atoms with Crippen LogP contribution in [0.25, 0.3) is 11.1 Å². The van der Waals surface area contributed by atoms with E-state index in [1.165, 1.54) is 5.56 Å². The minimum absolute atomic E-state index is 0.0813. The third-order valence-electron chi connectivity index (χ3n) is 2.40. The number of benzene rings is 1. The topological polar surface area (TPSA) is 64.1 Å². The molecular weight excluding hydrogens is 202 g/mol. The summed E-state index contributed by atoms with van der Waals surface area (Å²) in [4.78, 5) is 4.37. The van der Waals surface area contributed by atoms with E-state index < -0.39 is 0 Å². The number of oxazole rings is 1. The molecule has 0 amide bonds. The molecule has 0 aliphatic rings. The smallest absolute Gasteiger partial charge is 0.295 e. The van der Waals surface area contributed by atoms with Crippen molar-refractivity contribution < 1.29 is 4.42 Å². The van der Waals surface area contributed by atoms with Gasteiger partial charge in [-0.2, -0.15) is 4.98 Å². The fraction of sp³-hybridized carbons (Fsp3) is 0.417. The van der Waals surface area contributed by atoms with Gasteiger partial charge in [0.1, 0.15) is 5.52 Å². The molecule has 0 aliphatic carbocycles. The van der Waals surface area contributed by atoms with Gasteiger partial charge in [0, 0.05) is 12.6 Å². The predicted molar refractivity (Wildman–Crippen MR) is 65.6 cm³/mol. The molecule has 1 atom stereocenters. The van der Waals surface area contributed by atoms with Crippen molar-refractivity contribution in [2.45, 2.75) is 26.8 Å². The number of hydrogen-bond acceptors (Lipinski definition) is 4. The molecule has 3 N–H and O–H groups in total. The van der Waals surface area contributed by atoms with Crippen molar-refractivity contribution in [1.29, 1.82) is 0 Å². The standard InChI is InChI=1S/C12H17N3O/c1-7-4-8(2)11-10(5-7)15-12(16-11)14-6-9(3)13/h4-5,9H,6,13H2,1-3H3,(H,14,15). The van der Waals surface area contributed by atoms with Crippen molar-refractivity contribution in [3.05, 3.63) is 23.3 Å². The maximum absolute atomic E-state index is 5.66. The SMILES string of the molecule is Cc1cc(C)c2oc(NCC(C)N)nc2c1. The summed E-state index contributed by atoms with van der Waals surface area (Å²) in [6.07, 6.45) is 0. The summed E-state index contributed by atoms with van der Waals surface area (Å²) in [5.41, 5.74) is 9.69. The Balaban J connectivity index is 2.33. The molecule has 0 spiro atoms. The van der Waals surface area contributed by atoms with Crippen LogP contribution in [0.4, 0.5) is 6.01 Å². The number of nitrogens with two attached hydrogens (primary N) is 1. The van der Waals surface area contributed by atoms with Crippen LogP contribution in [-0.4, -0.2) is 17.6 Å². The number of nitrogens with one attached hydrogen (secondary N) is 1. The van der Waals surface area contributed by atoms with E-state index >= 15 is 0 Å². The third kappa shape index (κ3) is 2.17. The summed E-state index contributed by atoms with van der Waals surface area (Å²) >= 11 is 0. The lowest BCUT2D eigenvalue weighted by atomic mass is 10.1. The first-order chi connectivity index (χ1) is 7.56. The van der Waals surface area contributed by atoms with Gasteiger partial charge in [-0.25, -0.2) is 0 Å². The molecule has 1 aromatic heterocycles. The molecule has 4 heteroatoms. The minimum atomic E-state index is 0.0813. The van der Waals surface area contributed by atoms with E-state index in [4.69, 9.17) is 10.2 Å². The van der Waals surface area contributed by atoms with Crippen molar-refractivity contribution in [3.63, 3.8) is 0 Å². The fourth-order valence-electron chi connectivity index (χ4n) is 1.70. The van der Waals surface area contributed by atoms with Crippen molar-refractivity contribution >= 4 is 17.1 Å². The second-order valence-corrected chi connectivity index (χ2v) is 4.31. The van der Waals surface area contributed by atoms with Crippen LogP contribution in [0, 0.1) is 13.8 Å². The molecule has 0 saturated carbocycles. The first-order valence-corrected chi connectivity index (χ1v) is 5.43. The van der Waals surface area contributed by atoms with Gasteiger partial charge in [-0.15, -0.1) is 0 Å². The summed E-state index contributed by atoms with van der Waals surface area (Å²) in [6.45, 7) is 6.67. The fourth-order valence-corrected chi connectivity index (χ4v) is 1.70. The highest BCUT2D eigenvalue weighted by Crippen LogP contribution is 2.23. The Morgan fingerprint density at radius 1 is 1.44 bits per heavy atom. The normalized spacial score (nSPS) is 13.0. The zero-order valence-corrected chi connectivity index (χ0v) is 9.87. The summed E-state index contributed by atoms with van der Waals surface area (Å²) in [5, 5.41) is 3.08. The number of aromatic nitrogens is 1. The van der Waals surface area contributed by atoms with Crippen LogP contribution >= 0.6 is 0 Å². The van der Waals surface area contributed by atoms with Crippen LogP contribution in [0.1, 0.15) is 18.1 Å². The Hall–Kier alpha value is -1.55. The van der Waals surface area contributed by atoms with Gasteiger partial charge < -0.3 is 15.5 Å². The molecular formula is C12H17N3O. The quantitative estimate of drug-likeness (QED) is 0.830. The van der Waals surface area contributed by atoms with Crippen LogP contribution in [-0.2, 0) is 0 Å². The second-order valence-electron chi connectivity index (χ2n) is 4.31. The molecule has 0 radical (unpaired) electrons. The molecule has 16 heavy (non-hydrogen) atoms. The third-order valence-corrected chi connectivity index (χ3v) is 2.40. The van der Waals surface area contributed by atoms with Gasteiger partial charge >= 0.3 is 0 Å². The lowest BCUT2D eigenvalue weighted by Crippen LogP contribution is -2.25. The molecule has 2 rings (SSSR count). The van der Waals surface area contributed by atoms with Crippen LogP contribution in [0.3, 0.4) is 0 Å². The van der Waals surface area contributed by atoms with Crippen molar-refractivity contribution in [2.24, 2.45) is 5.73 Å². The van der Waals surface area contributed by atoms with E-state index in [1.807, 2.05) is 19.9 Å². The van der Waals surface area contributed by atoms with Gasteiger partial charge in [0.05, 0.1) is 0 Å². The summed E-state index contributed by atoms with van der Waals surface area (Å²) in [6, 6.07) is 4.73. The highest BCUT2D eigenvalue weighted by molar-refractivity contribution is 5.78. The van der Waals surface area contributed by atoms with E-state index in [0.717, 1.165) is 16.7 Å². The van der Waals surface area contributed by atoms with Gasteiger partial charge in [-0.05, 0) is 38.0 Å². The molecule has 1 heterocycles. The summed E-state index contributed by atoms with van der Waals surface area (Å²) in [7, 11) is 0. The molecule has 1 aromatic carbocycles.